The fourth-order valence-electron chi connectivity index (χ4n) is 1.31. The molecule has 1 heteroatoms. The molecule has 0 saturated heterocycles. The molecule has 0 heterocycles. The van der Waals surface area contributed by atoms with Gasteiger partial charge >= 0.3 is 0 Å². The van der Waals surface area contributed by atoms with Gasteiger partial charge < -0.3 is 4.74 Å². The van der Waals surface area contributed by atoms with Gasteiger partial charge in [0.25, 0.3) is 0 Å². The largest absolute Gasteiger partial charge is 0.501 e. The molecule has 0 spiro atoms. The Morgan fingerprint density at radius 2 is 2.20 bits per heavy atom. The normalized spacial score (nSPS) is 25.3. The van der Waals surface area contributed by atoms with E-state index in [-0.39, 0.29) is 0 Å². The third-order valence-electron chi connectivity index (χ3n) is 1.88. The summed E-state index contributed by atoms with van der Waals surface area (Å²) in [4.78, 5) is 0. The van der Waals surface area contributed by atoms with Crippen LogP contribution in [0.5, 0.6) is 0 Å². The van der Waals surface area contributed by atoms with Crippen LogP contribution in [0, 0.1) is 5.92 Å². The van der Waals surface area contributed by atoms with Crippen LogP contribution in [0.15, 0.2) is 23.5 Å². The zero-order valence-electron chi connectivity index (χ0n) is 6.85. The zero-order valence-corrected chi connectivity index (χ0v) is 6.85. The topological polar surface area (TPSA) is 9.23 Å². The predicted octanol–water partition coefficient (Wildman–Crippen LogP) is 2.50. The van der Waals surface area contributed by atoms with Crippen LogP contribution in [0.1, 0.15) is 20.3 Å². The lowest BCUT2D eigenvalue weighted by atomic mass is 9.95. The summed E-state index contributed by atoms with van der Waals surface area (Å²) in [7, 11) is 1.73. The van der Waals surface area contributed by atoms with Crippen LogP contribution in [-0.4, -0.2) is 7.11 Å². The Bertz CT molecular complexity index is 177. The second-order valence-electron chi connectivity index (χ2n) is 2.89. The van der Waals surface area contributed by atoms with Crippen molar-refractivity contribution < 1.29 is 4.74 Å². The standard InChI is InChI=1S/C9H14O/c1-7-4-5-9(10-3)8(2)6-7/h4-5,8H,6H2,1-3H3/t8-/m1/s1. The smallest absolute Gasteiger partial charge is 0.0986 e. The van der Waals surface area contributed by atoms with Crippen LogP contribution >= 0.6 is 0 Å². The highest BCUT2D eigenvalue weighted by Gasteiger charge is 2.12. The maximum absolute atomic E-state index is 5.17. The monoisotopic (exact) mass is 138 g/mol. The third-order valence-corrected chi connectivity index (χ3v) is 1.88. The number of hydrogen-bond donors (Lipinski definition) is 0. The molecule has 0 radical (unpaired) electrons. The van der Waals surface area contributed by atoms with Crippen molar-refractivity contribution in [2.24, 2.45) is 5.92 Å². The molecule has 0 aromatic carbocycles. The Labute approximate surface area is 62.4 Å². The van der Waals surface area contributed by atoms with Crippen molar-refractivity contribution in [1.29, 1.82) is 0 Å². The Kier molecular flexibility index (Phi) is 2.15. The van der Waals surface area contributed by atoms with Gasteiger partial charge in [0.05, 0.1) is 12.9 Å². The van der Waals surface area contributed by atoms with Gasteiger partial charge in [0.2, 0.25) is 0 Å². The summed E-state index contributed by atoms with van der Waals surface area (Å²) in [5, 5.41) is 0. The molecule has 1 aliphatic carbocycles. The van der Waals surface area contributed by atoms with Crippen LogP contribution in [0.2, 0.25) is 0 Å². The van der Waals surface area contributed by atoms with E-state index in [1.54, 1.807) is 7.11 Å². The molecule has 1 rings (SSSR count). The average Bonchev–Trinajstić information content (AvgIpc) is 1.88. The first-order chi connectivity index (χ1) is 4.74. The fourth-order valence-corrected chi connectivity index (χ4v) is 1.31. The summed E-state index contributed by atoms with van der Waals surface area (Å²) in [5.41, 5.74) is 1.44. The van der Waals surface area contributed by atoms with Crippen molar-refractivity contribution in [2.45, 2.75) is 20.3 Å². The van der Waals surface area contributed by atoms with E-state index in [2.05, 4.69) is 26.0 Å². The maximum Gasteiger partial charge on any atom is 0.0986 e. The summed E-state index contributed by atoms with van der Waals surface area (Å²) < 4.78 is 5.17. The Balaban J connectivity index is 2.71. The molecule has 0 saturated carbocycles. The minimum Gasteiger partial charge on any atom is -0.501 e. The first-order valence-corrected chi connectivity index (χ1v) is 3.65. The number of allylic oxidation sites excluding steroid dienone is 4. The van der Waals surface area contributed by atoms with E-state index < -0.39 is 0 Å². The van der Waals surface area contributed by atoms with Crippen LogP contribution in [-0.2, 0) is 4.74 Å². The van der Waals surface area contributed by atoms with Gasteiger partial charge in [-0.3, -0.25) is 0 Å². The van der Waals surface area contributed by atoms with Crippen LogP contribution in [0.4, 0.5) is 0 Å². The Morgan fingerprint density at radius 1 is 1.50 bits per heavy atom. The van der Waals surface area contributed by atoms with Gasteiger partial charge in [-0.25, -0.2) is 0 Å². The summed E-state index contributed by atoms with van der Waals surface area (Å²) in [6.45, 7) is 4.34. The molecule has 10 heavy (non-hydrogen) atoms. The molecular formula is C9H14O. The lowest BCUT2D eigenvalue weighted by Crippen LogP contribution is -2.05. The van der Waals surface area contributed by atoms with Crippen LogP contribution in [0.25, 0.3) is 0 Å². The van der Waals surface area contributed by atoms with Crippen molar-refractivity contribution in [2.75, 3.05) is 7.11 Å². The summed E-state index contributed by atoms with van der Waals surface area (Å²) in [6.07, 6.45) is 5.32. The lowest BCUT2D eigenvalue weighted by molar-refractivity contribution is 0.244. The molecule has 56 valence electrons. The van der Waals surface area contributed by atoms with Gasteiger partial charge in [-0.2, -0.15) is 0 Å². The molecule has 0 aromatic rings. The van der Waals surface area contributed by atoms with Gasteiger partial charge in [0.1, 0.15) is 0 Å². The van der Waals surface area contributed by atoms with E-state index in [1.165, 1.54) is 5.57 Å². The van der Waals surface area contributed by atoms with E-state index in [0.29, 0.717) is 5.92 Å². The third kappa shape index (κ3) is 1.41. The van der Waals surface area contributed by atoms with E-state index in [1.807, 2.05) is 0 Å². The van der Waals surface area contributed by atoms with Gasteiger partial charge in [-0.15, -0.1) is 0 Å². The average molecular weight is 138 g/mol. The molecule has 0 bridgehead atoms. The van der Waals surface area contributed by atoms with Gasteiger partial charge in [0, 0.05) is 5.92 Å². The summed E-state index contributed by atoms with van der Waals surface area (Å²) in [6, 6.07) is 0. The molecule has 1 aliphatic rings. The molecule has 0 aliphatic heterocycles. The predicted molar refractivity (Wildman–Crippen MR) is 42.6 cm³/mol. The number of methoxy groups -OCH3 is 1. The van der Waals surface area contributed by atoms with E-state index >= 15 is 0 Å². The quantitative estimate of drug-likeness (QED) is 0.541. The van der Waals surface area contributed by atoms with E-state index in [9.17, 15) is 0 Å². The fraction of sp³-hybridized carbons (Fsp3) is 0.556. The minimum absolute atomic E-state index is 0.565. The van der Waals surface area contributed by atoms with Crippen molar-refractivity contribution >= 4 is 0 Å². The van der Waals surface area contributed by atoms with Gasteiger partial charge in [0.15, 0.2) is 0 Å². The highest BCUT2D eigenvalue weighted by molar-refractivity contribution is 5.21. The SMILES string of the molecule is COC1=CC=C(C)C[C@H]1C. The zero-order chi connectivity index (χ0) is 7.56. The van der Waals surface area contributed by atoms with Crippen LogP contribution < -0.4 is 0 Å². The highest BCUT2D eigenvalue weighted by Crippen LogP contribution is 2.24. The highest BCUT2D eigenvalue weighted by atomic mass is 16.5. The van der Waals surface area contributed by atoms with Gasteiger partial charge in [-0.05, 0) is 19.4 Å². The van der Waals surface area contributed by atoms with Crippen LogP contribution in [0.3, 0.4) is 0 Å². The number of hydrogen-bond acceptors (Lipinski definition) is 1. The molecule has 0 unspecified atom stereocenters. The van der Waals surface area contributed by atoms with Crippen molar-refractivity contribution in [3.8, 4) is 0 Å². The second kappa shape index (κ2) is 2.91. The Morgan fingerprint density at radius 3 is 2.70 bits per heavy atom. The first-order valence-electron chi connectivity index (χ1n) is 3.65. The molecule has 0 aromatic heterocycles. The molecule has 0 amide bonds. The van der Waals surface area contributed by atoms with E-state index in [0.717, 1.165) is 12.2 Å². The molecule has 0 N–H and O–H groups in total. The van der Waals surface area contributed by atoms with Crippen molar-refractivity contribution in [3.63, 3.8) is 0 Å². The number of rotatable bonds is 1. The van der Waals surface area contributed by atoms with Gasteiger partial charge in [-0.1, -0.05) is 18.6 Å². The number of ether oxygens (including phenoxy) is 1. The minimum atomic E-state index is 0.565. The summed E-state index contributed by atoms with van der Waals surface area (Å²) >= 11 is 0. The molecule has 1 nitrogen and oxygen atoms in total. The summed E-state index contributed by atoms with van der Waals surface area (Å²) in [5.74, 6) is 1.67. The first kappa shape index (κ1) is 7.39. The lowest BCUT2D eigenvalue weighted by Gasteiger charge is -2.18. The van der Waals surface area contributed by atoms with Crippen molar-refractivity contribution in [1.82, 2.24) is 0 Å². The molecule has 1 atom stereocenters. The maximum atomic E-state index is 5.17. The molecule has 0 fully saturated rings. The van der Waals surface area contributed by atoms with Crippen molar-refractivity contribution in [3.05, 3.63) is 23.5 Å². The van der Waals surface area contributed by atoms with E-state index in [4.69, 9.17) is 4.74 Å². The Hall–Kier alpha value is -0.720. The second-order valence-corrected chi connectivity index (χ2v) is 2.89. The molecular weight excluding hydrogens is 124 g/mol.